The van der Waals surface area contributed by atoms with Gasteiger partial charge in [0.15, 0.2) is 0 Å². The molecule has 6 heavy (non-hydrogen) atoms. The fourth-order valence-corrected chi connectivity index (χ4v) is 0. The van der Waals surface area contributed by atoms with Crippen molar-refractivity contribution in [3.05, 3.63) is 0 Å². The topological polar surface area (TPSA) is 0 Å². The first-order chi connectivity index (χ1) is 2.24. The average molecular weight is 104 g/mol. The quantitative estimate of drug-likeness (QED) is 0.312. The molecule has 0 rings (SSSR count). The maximum atomic E-state index is 2.34. The van der Waals surface area contributed by atoms with E-state index in [1.165, 1.54) is 0 Å². The monoisotopic (exact) mass is 104 g/mol. The van der Waals surface area contributed by atoms with Gasteiger partial charge in [0.1, 0.15) is 0 Å². The summed E-state index contributed by atoms with van der Waals surface area (Å²) in [6, 6.07) is 0. The van der Waals surface area contributed by atoms with Crippen LogP contribution < -0.4 is 0 Å². The SMILES string of the molecule is BP(C)(C)(C)C. The van der Waals surface area contributed by atoms with Crippen LogP contribution in [-0.4, -0.2) is 34.2 Å². The van der Waals surface area contributed by atoms with Crippen molar-refractivity contribution < 1.29 is 0 Å². The summed E-state index contributed by atoms with van der Waals surface area (Å²) in [4.78, 5) is 0. The van der Waals surface area contributed by atoms with E-state index in [2.05, 4.69) is 34.2 Å². The first-order valence-corrected chi connectivity index (χ1v) is 6.71. The summed E-state index contributed by atoms with van der Waals surface area (Å²) < 4.78 is 0. The van der Waals surface area contributed by atoms with Crippen molar-refractivity contribution >= 4 is 14.0 Å². The van der Waals surface area contributed by atoms with Crippen LogP contribution in [-0.2, 0) is 0 Å². The van der Waals surface area contributed by atoms with E-state index in [0.717, 1.165) is 0 Å². The molecule has 0 aliphatic rings. The van der Waals surface area contributed by atoms with E-state index in [0.29, 0.717) is 0 Å². The molecule has 0 spiro atoms. The molecule has 0 saturated heterocycles. The molecule has 0 amide bonds. The van der Waals surface area contributed by atoms with Gasteiger partial charge in [-0.3, -0.25) is 0 Å². The third kappa shape index (κ3) is 224. The third-order valence-corrected chi connectivity index (χ3v) is 0. The van der Waals surface area contributed by atoms with E-state index < -0.39 is 6.48 Å². The summed E-state index contributed by atoms with van der Waals surface area (Å²) in [5, 5.41) is 0. The van der Waals surface area contributed by atoms with Crippen molar-refractivity contribution in [1.29, 1.82) is 0 Å². The Bertz CT molecular complexity index is 40.7. The van der Waals surface area contributed by atoms with Crippen LogP contribution in [0.3, 0.4) is 0 Å². The van der Waals surface area contributed by atoms with Crippen molar-refractivity contribution in [1.82, 2.24) is 0 Å². The summed E-state index contributed by atoms with van der Waals surface area (Å²) in [7, 11) is 2.34. The zero-order chi connectivity index (χ0) is 5.45. The summed E-state index contributed by atoms with van der Waals surface area (Å²) in [5.74, 6) is 0. The third-order valence-electron chi connectivity index (χ3n) is 0. The van der Waals surface area contributed by atoms with Gasteiger partial charge >= 0.3 is 40.7 Å². The second-order valence-electron chi connectivity index (χ2n) is 4.47. The van der Waals surface area contributed by atoms with Crippen LogP contribution in [0.2, 0.25) is 0 Å². The summed E-state index contributed by atoms with van der Waals surface area (Å²) in [5.41, 5.74) is 0. The first kappa shape index (κ1) is 6.49. The molecule has 0 N–H and O–H groups in total. The molecule has 0 unspecified atom stereocenters. The van der Waals surface area contributed by atoms with Crippen LogP contribution in [0.4, 0.5) is 0 Å². The summed E-state index contributed by atoms with van der Waals surface area (Å²) in [6.45, 7) is 8.31. The van der Waals surface area contributed by atoms with Crippen LogP contribution >= 0.6 is 6.48 Å². The Labute approximate surface area is 41.6 Å². The Kier molecular flexibility index (Phi) is 1.09. The molecule has 0 bridgehead atoms. The van der Waals surface area contributed by atoms with Gasteiger partial charge in [-0.2, -0.15) is 0 Å². The van der Waals surface area contributed by atoms with Gasteiger partial charge in [0.05, 0.1) is 0 Å². The van der Waals surface area contributed by atoms with E-state index in [9.17, 15) is 0 Å². The minimum atomic E-state index is -1.05. The van der Waals surface area contributed by atoms with Gasteiger partial charge in [0, 0.05) is 0 Å². The second-order valence-corrected chi connectivity index (χ2v) is 13.4. The van der Waals surface area contributed by atoms with Crippen LogP contribution in [0, 0.1) is 0 Å². The van der Waals surface area contributed by atoms with Crippen LogP contribution in [0.25, 0.3) is 0 Å². The van der Waals surface area contributed by atoms with Crippen molar-refractivity contribution in [2.75, 3.05) is 26.7 Å². The van der Waals surface area contributed by atoms with E-state index in [1.54, 1.807) is 0 Å². The second kappa shape index (κ2) is 1.01. The predicted octanol–water partition coefficient (Wildman–Crippen LogP) is 0.607. The van der Waals surface area contributed by atoms with Crippen molar-refractivity contribution in [3.8, 4) is 0 Å². The molecule has 0 radical (unpaired) electrons. The van der Waals surface area contributed by atoms with Crippen LogP contribution in [0.1, 0.15) is 0 Å². The Morgan fingerprint density at radius 3 is 1.00 bits per heavy atom. The molecule has 0 aromatic heterocycles. The average Bonchev–Trinajstić information content (AvgIpc) is 0.650. The molecular weight excluding hydrogens is 89.8 g/mol. The molecule has 0 atom stereocenters. The molecule has 0 aromatic rings. The normalized spacial score (nSPS) is 19.0. The van der Waals surface area contributed by atoms with Crippen molar-refractivity contribution in [3.63, 3.8) is 0 Å². The number of rotatable bonds is 0. The molecule has 0 heterocycles. The molecule has 0 saturated carbocycles. The van der Waals surface area contributed by atoms with E-state index >= 15 is 0 Å². The van der Waals surface area contributed by atoms with Gasteiger partial charge in [0.2, 0.25) is 0 Å². The van der Waals surface area contributed by atoms with Crippen molar-refractivity contribution in [2.45, 2.75) is 0 Å². The van der Waals surface area contributed by atoms with Crippen LogP contribution in [0.5, 0.6) is 0 Å². The molecule has 0 aliphatic carbocycles. The molecule has 0 fully saturated rings. The fraction of sp³-hybridized carbons (Fsp3) is 1.00. The van der Waals surface area contributed by atoms with Gasteiger partial charge in [0.25, 0.3) is 0 Å². The van der Waals surface area contributed by atoms with Gasteiger partial charge in [-0.05, 0) is 0 Å². The molecule has 0 nitrogen and oxygen atoms in total. The molecular formula is C4H14BP. The van der Waals surface area contributed by atoms with Gasteiger partial charge in [-0.25, -0.2) is 0 Å². The fourth-order valence-electron chi connectivity index (χ4n) is 0. The zero-order valence-corrected chi connectivity index (χ0v) is 6.34. The predicted molar refractivity (Wildman–Crippen MR) is 39.2 cm³/mol. The summed E-state index contributed by atoms with van der Waals surface area (Å²) in [6.07, 6.45) is 0. The Morgan fingerprint density at radius 2 is 1.00 bits per heavy atom. The number of hydrogen-bond donors (Lipinski definition) is 0. The molecule has 2 heteroatoms. The van der Waals surface area contributed by atoms with E-state index in [-0.39, 0.29) is 0 Å². The van der Waals surface area contributed by atoms with E-state index in [4.69, 9.17) is 0 Å². The first-order valence-electron chi connectivity index (χ1n) is 2.24. The van der Waals surface area contributed by atoms with E-state index in [1.807, 2.05) is 0 Å². The molecule has 38 valence electrons. The summed E-state index contributed by atoms with van der Waals surface area (Å²) >= 11 is 0. The number of hydrogen-bond acceptors (Lipinski definition) is 0. The molecule has 0 aliphatic heterocycles. The van der Waals surface area contributed by atoms with Gasteiger partial charge < -0.3 is 0 Å². The maximum absolute atomic E-state index is 2.34. The van der Waals surface area contributed by atoms with Crippen LogP contribution in [0.15, 0.2) is 0 Å². The minimum absolute atomic E-state index is 1.05. The Hall–Kier alpha value is 0.495. The van der Waals surface area contributed by atoms with Gasteiger partial charge in [-0.15, -0.1) is 0 Å². The Morgan fingerprint density at radius 1 is 1.00 bits per heavy atom. The van der Waals surface area contributed by atoms with Crippen molar-refractivity contribution in [2.24, 2.45) is 0 Å². The zero-order valence-electron chi connectivity index (χ0n) is 5.45. The molecule has 0 aromatic carbocycles. The standard InChI is InChI=1S/C4H14BP/c1-6(2,3,4)5/h5H2,1-4H3. The van der Waals surface area contributed by atoms with Gasteiger partial charge in [-0.1, -0.05) is 0 Å². The Balaban J connectivity index is 3.73.